The van der Waals surface area contributed by atoms with Crippen molar-refractivity contribution in [2.75, 3.05) is 13.1 Å². The molecule has 5 heteroatoms. The Morgan fingerprint density at radius 2 is 2.33 bits per heavy atom. The molecule has 1 unspecified atom stereocenters. The summed E-state index contributed by atoms with van der Waals surface area (Å²) < 4.78 is 31.0. The Kier molecular flexibility index (Phi) is 3.11. The number of rotatable bonds is 2. The van der Waals surface area contributed by atoms with Gasteiger partial charge in [0, 0.05) is 12.6 Å². The van der Waals surface area contributed by atoms with Gasteiger partial charge >= 0.3 is 0 Å². The second-order valence-electron chi connectivity index (χ2n) is 3.53. The zero-order valence-corrected chi connectivity index (χ0v) is 8.17. The Labute approximate surface area is 86.5 Å². The molecule has 1 atom stereocenters. The minimum Gasteiger partial charge on any atom is -0.471 e. The number of aromatic nitrogens is 1. The minimum absolute atomic E-state index is 0.0776. The molecule has 1 aromatic heterocycles. The van der Waals surface area contributed by atoms with Gasteiger partial charge < -0.3 is 10.1 Å². The fraction of sp³-hybridized carbons (Fsp3) is 0.500. The highest BCUT2D eigenvalue weighted by Crippen LogP contribution is 2.17. The summed E-state index contributed by atoms with van der Waals surface area (Å²) in [5, 5.41) is 3.14. The highest BCUT2D eigenvalue weighted by atomic mass is 19.1. The summed E-state index contributed by atoms with van der Waals surface area (Å²) in [6.07, 6.45) is 2.74. The summed E-state index contributed by atoms with van der Waals surface area (Å²) in [6, 6.07) is 0.776. The fourth-order valence-corrected chi connectivity index (χ4v) is 1.57. The zero-order chi connectivity index (χ0) is 10.7. The van der Waals surface area contributed by atoms with Gasteiger partial charge in [-0.3, -0.25) is 0 Å². The van der Waals surface area contributed by atoms with Gasteiger partial charge in [-0.05, 0) is 19.4 Å². The topological polar surface area (TPSA) is 34.1 Å². The van der Waals surface area contributed by atoms with E-state index in [1.807, 2.05) is 0 Å². The second kappa shape index (κ2) is 4.53. The Balaban J connectivity index is 2.03. The van der Waals surface area contributed by atoms with Gasteiger partial charge in [-0.2, -0.15) is 0 Å². The van der Waals surface area contributed by atoms with Crippen LogP contribution in [0.4, 0.5) is 8.78 Å². The van der Waals surface area contributed by atoms with E-state index in [2.05, 4.69) is 10.3 Å². The van der Waals surface area contributed by atoms with E-state index < -0.39 is 11.6 Å². The molecule has 1 aliphatic heterocycles. The van der Waals surface area contributed by atoms with Crippen molar-refractivity contribution in [2.45, 2.75) is 18.9 Å². The Morgan fingerprint density at radius 1 is 1.47 bits per heavy atom. The predicted octanol–water partition coefficient (Wildman–Crippen LogP) is 1.49. The number of pyridine rings is 1. The molecular formula is C10H12F2N2O. The predicted molar refractivity (Wildman–Crippen MR) is 50.7 cm³/mol. The minimum atomic E-state index is -0.749. The van der Waals surface area contributed by atoms with Crippen LogP contribution in [-0.2, 0) is 0 Å². The summed E-state index contributed by atoms with van der Waals surface area (Å²) in [5.41, 5.74) is 0. The maximum absolute atomic E-state index is 13.2. The number of hydrogen-bond donors (Lipinski definition) is 1. The van der Waals surface area contributed by atoms with Gasteiger partial charge in [0.25, 0.3) is 5.88 Å². The van der Waals surface area contributed by atoms with Crippen molar-refractivity contribution in [1.82, 2.24) is 10.3 Å². The number of halogens is 2. The van der Waals surface area contributed by atoms with Crippen LogP contribution in [0.15, 0.2) is 12.3 Å². The number of ether oxygens (including phenoxy) is 1. The molecule has 1 saturated heterocycles. The molecule has 3 nitrogen and oxygen atoms in total. The van der Waals surface area contributed by atoms with Crippen LogP contribution >= 0.6 is 0 Å². The molecular weight excluding hydrogens is 202 g/mol. The van der Waals surface area contributed by atoms with E-state index >= 15 is 0 Å². The fourth-order valence-electron chi connectivity index (χ4n) is 1.57. The molecule has 0 bridgehead atoms. The highest BCUT2D eigenvalue weighted by molar-refractivity contribution is 5.14. The summed E-state index contributed by atoms with van der Waals surface area (Å²) in [4.78, 5) is 3.57. The number of nitrogens with zero attached hydrogens (tertiary/aromatic N) is 1. The average Bonchev–Trinajstić information content (AvgIpc) is 2.24. The van der Waals surface area contributed by atoms with Gasteiger partial charge in [0.2, 0.25) is 0 Å². The molecule has 0 aliphatic carbocycles. The van der Waals surface area contributed by atoms with Crippen LogP contribution < -0.4 is 10.1 Å². The summed E-state index contributed by atoms with van der Waals surface area (Å²) in [5.74, 6) is -1.56. The summed E-state index contributed by atoms with van der Waals surface area (Å²) in [7, 11) is 0. The van der Waals surface area contributed by atoms with Gasteiger partial charge in [-0.25, -0.2) is 13.8 Å². The smallest absolute Gasteiger partial charge is 0.250 e. The van der Waals surface area contributed by atoms with Gasteiger partial charge in [0.05, 0.1) is 6.20 Å². The third kappa shape index (κ3) is 2.62. The van der Waals surface area contributed by atoms with Crippen molar-refractivity contribution in [3.05, 3.63) is 23.9 Å². The monoisotopic (exact) mass is 214 g/mol. The van der Waals surface area contributed by atoms with Crippen LogP contribution in [0.25, 0.3) is 0 Å². The van der Waals surface area contributed by atoms with E-state index in [0.29, 0.717) is 6.54 Å². The van der Waals surface area contributed by atoms with Crippen molar-refractivity contribution in [3.8, 4) is 5.88 Å². The van der Waals surface area contributed by atoms with Crippen molar-refractivity contribution < 1.29 is 13.5 Å². The van der Waals surface area contributed by atoms with Crippen LogP contribution in [0.5, 0.6) is 5.88 Å². The van der Waals surface area contributed by atoms with Crippen LogP contribution in [-0.4, -0.2) is 24.2 Å². The first-order valence-electron chi connectivity index (χ1n) is 4.94. The van der Waals surface area contributed by atoms with Crippen LogP contribution in [0.2, 0.25) is 0 Å². The molecule has 15 heavy (non-hydrogen) atoms. The van der Waals surface area contributed by atoms with E-state index in [0.717, 1.165) is 31.6 Å². The van der Waals surface area contributed by atoms with Gasteiger partial charge in [-0.15, -0.1) is 0 Å². The molecule has 1 N–H and O–H groups in total. The van der Waals surface area contributed by atoms with Crippen LogP contribution in [0.1, 0.15) is 12.8 Å². The first-order chi connectivity index (χ1) is 7.25. The molecule has 1 aliphatic rings. The zero-order valence-electron chi connectivity index (χ0n) is 8.17. The number of piperidine rings is 1. The van der Waals surface area contributed by atoms with Gasteiger partial charge in [0.1, 0.15) is 11.9 Å². The molecule has 0 spiro atoms. The van der Waals surface area contributed by atoms with Gasteiger partial charge in [-0.1, -0.05) is 0 Å². The van der Waals surface area contributed by atoms with Crippen LogP contribution in [0.3, 0.4) is 0 Å². The Bertz CT molecular complexity index is 340. The normalized spacial score (nSPS) is 21.3. The number of nitrogens with one attached hydrogen (secondary N) is 1. The highest BCUT2D eigenvalue weighted by Gasteiger charge is 2.17. The van der Waals surface area contributed by atoms with Crippen molar-refractivity contribution >= 4 is 0 Å². The molecule has 0 saturated carbocycles. The molecule has 0 radical (unpaired) electrons. The third-order valence-electron chi connectivity index (χ3n) is 2.30. The second-order valence-corrected chi connectivity index (χ2v) is 3.53. The SMILES string of the molecule is Fc1cnc(OC2CCCNC2)c(F)c1. The molecule has 0 aromatic carbocycles. The van der Waals surface area contributed by atoms with E-state index in [-0.39, 0.29) is 12.0 Å². The molecule has 2 heterocycles. The van der Waals surface area contributed by atoms with E-state index in [1.165, 1.54) is 0 Å². The molecule has 0 amide bonds. The maximum atomic E-state index is 13.2. The van der Waals surface area contributed by atoms with Gasteiger partial charge in [0.15, 0.2) is 5.82 Å². The Hall–Kier alpha value is -1.23. The summed E-state index contributed by atoms with van der Waals surface area (Å²) >= 11 is 0. The van der Waals surface area contributed by atoms with Crippen molar-refractivity contribution in [3.63, 3.8) is 0 Å². The molecule has 1 fully saturated rings. The van der Waals surface area contributed by atoms with Crippen molar-refractivity contribution in [1.29, 1.82) is 0 Å². The maximum Gasteiger partial charge on any atom is 0.250 e. The third-order valence-corrected chi connectivity index (χ3v) is 2.30. The van der Waals surface area contributed by atoms with E-state index in [4.69, 9.17) is 4.74 Å². The lowest BCUT2D eigenvalue weighted by Crippen LogP contribution is -2.37. The molecule has 82 valence electrons. The number of hydrogen-bond acceptors (Lipinski definition) is 3. The Morgan fingerprint density at radius 3 is 3.00 bits per heavy atom. The quantitative estimate of drug-likeness (QED) is 0.809. The lowest BCUT2D eigenvalue weighted by Gasteiger charge is -2.23. The average molecular weight is 214 g/mol. The van der Waals surface area contributed by atoms with Crippen molar-refractivity contribution in [2.24, 2.45) is 0 Å². The van der Waals surface area contributed by atoms with E-state index in [1.54, 1.807) is 0 Å². The summed E-state index contributed by atoms with van der Waals surface area (Å²) in [6.45, 7) is 1.64. The standard InChI is InChI=1S/C10H12F2N2O/c11-7-4-9(12)10(14-5-7)15-8-2-1-3-13-6-8/h4-5,8,13H,1-3,6H2. The van der Waals surface area contributed by atoms with E-state index in [9.17, 15) is 8.78 Å². The first-order valence-corrected chi connectivity index (χ1v) is 4.94. The molecule has 1 aromatic rings. The molecule has 2 rings (SSSR count). The lowest BCUT2D eigenvalue weighted by molar-refractivity contribution is 0.153. The van der Waals surface area contributed by atoms with Crippen LogP contribution in [0, 0.1) is 11.6 Å². The lowest BCUT2D eigenvalue weighted by atomic mass is 10.1. The first kappa shape index (κ1) is 10.3. The largest absolute Gasteiger partial charge is 0.471 e.